The van der Waals surface area contributed by atoms with Crippen LogP contribution < -0.4 is 4.74 Å². The zero-order valence-electron chi connectivity index (χ0n) is 12.8. The third-order valence-electron chi connectivity index (χ3n) is 3.19. The van der Waals surface area contributed by atoms with E-state index in [1.165, 1.54) is 0 Å². The quantitative estimate of drug-likeness (QED) is 0.663. The zero-order chi connectivity index (χ0) is 16.9. The Bertz CT molecular complexity index is 829. The molecule has 3 aromatic rings. The number of aromatic nitrogens is 3. The van der Waals surface area contributed by atoms with Crippen molar-refractivity contribution in [3.8, 4) is 22.8 Å². The van der Waals surface area contributed by atoms with Crippen molar-refractivity contribution in [1.82, 2.24) is 15.4 Å². The Morgan fingerprint density at radius 3 is 2.29 bits per heavy atom. The maximum Gasteiger partial charge on any atom is 0.361 e. The molecule has 6 nitrogen and oxygen atoms in total. The van der Waals surface area contributed by atoms with Gasteiger partial charge in [-0.05, 0) is 55.5 Å². The van der Waals surface area contributed by atoms with Crippen molar-refractivity contribution in [1.29, 1.82) is 0 Å². The Hall–Kier alpha value is -2.67. The lowest BCUT2D eigenvalue weighted by Crippen LogP contribution is -2.06. The first kappa shape index (κ1) is 16.2. The van der Waals surface area contributed by atoms with E-state index in [9.17, 15) is 4.79 Å². The first-order valence-corrected chi connectivity index (χ1v) is 8.08. The monoisotopic (exact) mass is 387 g/mol. The predicted octanol–water partition coefficient (Wildman–Crippen LogP) is 4.20. The number of halogens is 1. The summed E-state index contributed by atoms with van der Waals surface area (Å²) in [4.78, 5) is 11.9. The number of carbonyl (C=O) groups is 1. The lowest BCUT2D eigenvalue weighted by Gasteiger charge is -2.06. The van der Waals surface area contributed by atoms with E-state index in [0.717, 1.165) is 15.8 Å². The molecule has 3 rings (SSSR count). The van der Waals surface area contributed by atoms with Gasteiger partial charge in [0.05, 0.1) is 6.61 Å². The van der Waals surface area contributed by atoms with Crippen LogP contribution in [-0.2, 0) is 4.74 Å². The van der Waals surface area contributed by atoms with Crippen LogP contribution in [0.25, 0.3) is 11.3 Å². The Kier molecular flexibility index (Phi) is 4.90. The van der Waals surface area contributed by atoms with Crippen LogP contribution >= 0.6 is 15.9 Å². The van der Waals surface area contributed by atoms with Crippen molar-refractivity contribution < 1.29 is 14.3 Å². The van der Waals surface area contributed by atoms with Gasteiger partial charge < -0.3 is 9.47 Å². The number of aromatic amines is 1. The summed E-state index contributed by atoms with van der Waals surface area (Å²) >= 11 is 3.38. The number of esters is 1. The highest BCUT2D eigenvalue weighted by Crippen LogP contribution is 2.27. The van der Waals surface area contributed by atoms with Crippen LogP contribution in [0, 0.1) is 0 Å². The minimum Gasteiger partial charge on any atom is -0.461 e. The van der Waals surface area contributed by atoms with Gasteiger partial charge in [-0.25, -0.2) is 4.79 Å². The average molecular weight is 388 g/mol. The van der Waals surface area contributed by atoms with Crippen molar-refractivity contribution in [2.75, 3.05) is 6.61 Å². The van der Waals surface area contributed by atoms with Gasteiger partial charge in [0.1, 0.15) is 17.2 Å². The van der Waals surface area contributed by atoms with Crippen molar-refractivity contribution in [3.63, 3.8) is 0 Å². The highest BCUT2D eigenvalue weighted by atomic mass is 79.9. The molecule has 0 radical (unpaired) electrons. The summed E-state index contributed by atoms with van der Waals surface area (Å²) in [5, 5.41) is 10.4. The Labute approximate surface area is 146 Å². The molecule has 0 spiro atoms. The molecule has 0 aliphatic carbocycles. The summed E-state index contributed by atoms with van der Waals surface area (Å²) in [6.45, 7) is 2.02. The molecule has 1 aromatic heterocycles. The number of rotatable bonds is 5. The minimum atomic E-state index is -0.503. The number of benzene rings is 2. The van der Waals surface area contributed by atoms with E-state index >= 15 is 0 Å². The van der Waals surface area contributed by atoms with Gasteiger partial charge in [-0.2, -0.15) is 10.3 Å². The van der Waals surface area contributed by atoms with Gasteiger partial charge >= 0.3 is 5.97 Å². The largest absolute Gasteiger partial charge is 0.461 e. The smallest absolute Gasteiger partial charge is 0.361 e. The number of H-pyrrole nitrogens is 1. The predicted molar refractivity (Wildman–Crippen MR) is 92.0 cm³/mol. The summed E-state index contributed by atoms with van der Waals surface area (Å²) in [5.74, 6) is 0.915. The van der Waals surface area contributed by atoms with Crippen molar-refractivity contribution in [3.05, 3.63) is 58.7 Å². The van der Waals surface area contributed by atoms with Gasteiger partial charge in [-0.15, -0.1) is 5.10 Å². The standard InChI is InChI=1S/C17H14BrN3O3/c1-2-23-17(22)16-15(19-21-20-16)11-3-7-13(8-4-11)24-14-9-5-12(18)6-10-14/h3-10H,2H2,1H3,(H,19,20,21). The summed E-state index contributed by atoms with van der Waals surface area (Å²) in [6.07, 6.45) is 0. The second-order valence-corrected chi connectivity index (χ2v) is 5.74. The zero-order valence-corrected chi connectivity index (χ0v) is 14.4. The Balaban J connectivity index is 1.79. The van der Waals surface area contributed by atoms with Crippen molar-refractivity contribution >= 4 is 21.9 Å². The molecular formula is C17H14BrN3O3. The van der Waals surface area contributed by atoms with Gasteiger partial charge in [-0.1, -0.05) is 15.9 Å². The molecule has 1 N–H and O–H groups in total. The van der Waals surface area contributed by atoms with E-state index in [1.807, 2.05) is 36.4 Å². The Morgan fingerprint density at radius 1 is 1.04 bits per heavy atom. The highest BCUT2D eigenvalue weighted by Gasteiger charge is 2.18. The van der Waals surface area contributed by atoms with E-state index in [-0.39, 0.29) is 12.3 Å². The molecule has 0 fully saturated rings. The summed E-state index contributed by atoms with van der Waals surface area (Å²) in [7, 11) is 0. The number of nitrogens with zero attached hydrogens (tertiary/aromatic N) is 2. The van der Waals surface area contributed by atoms with Crippen LogP contribution in [-0.4, -0.2) is 28.0 Å². The number of carbonyl (C=O) groups excluding carboxylic acids is 1. The van der Waals surface area contributed by atoms with Crippen molar-refractivity contribution in [2.45, 2.75) is 6.92 Å². The van der Waals surface area contributed by atoms with Crippen LogP contribution in [0.2, 0.25) is 0 Å². The molecule has 0 unspecified atom stereocenters. The van der Waals surface area contributed by atoms with Crippen LogP contribution in [0.1, 0.15) is 17.4 Å². The number of nitrogens with one attached hydrogen (secondary N) is 1. The molecule has 0 aliphatic heterocycles. The van der Waals surface area contributed by atoms with Crippen LogP contribution in [0.4, 0.5) is 0 Å². The fraction of sp³-hybridized carbons (Fsp3) is 0.118. The number of hydrogen-bond acceptors (Lipinski definition) is 5. The molecule has 1 heterocycles. The SMILES string of the molecule is CCOC(=O)c1n[nH]nc1-c1ccc(Oc2ccc(Br)cc2)cc1. The fourth-order valence-electron chi connectivity index (χ4n) is 2.09. The molecule has 0 saturated heterocycles. The molecule has 0 atom stereocenters. The molecule has 2 aromatic carbocycles. The molecule has 0 saturated carbocycles. The number of ether oxygens (including phenoxy) is 2. The molecule has 122 valence electrons. The van der Waals surface area contributed by atoms with E-state index < -0.39 is 5.97 Å². The van der Waals surface area contributed by atoms with Gasteiger partial charge in [0, 0.05) is 10.0 Å². The van der Waals surface area contributed by atoms with Crippen LogP contribution in [0.5, 0.6) is 11.5 Å². The topological polar surface area (TPSA) is 77.1 Å². The Morgan fingerprint density at radius 2 is 1.67 bits per heavy atom. The fourth-order valence-corrected chi connectivity index (χ4v) is 2.36. The molecular weight excluding hydrogens is 374 g/mol. The molecule has 24 heavy (non-hydrogen) atoms. The maximum absolute atomic E-state index is 11.9. The second kappa shape index (κ2) is 7.27. The third-order valence-corrected chi connectivity index (χ3v) is 3.72. The van der Waals surface area contributed by atoms with Crippen molar-refractivity contribution in [2.24, 2.45) is 0 Å². The van der Waals surface area contributed by atoms with Gasteiger partial charge in [0.15, 0.2) is 5.69 Å². The van der Waals surface area contributed by atoms with Gasteiger partial charge in [-0.3, -0.25) is 0 Å². The normalized spacial score (nSPS) is 10.4. The highest BCUT2D eigenvalue weighted by molar-refractivity contribution is 9.10. The van der Waals surface area contributed by atoms with E-state index in [1.54, 1.807) is 19.1 Å². The average Bonchev–Trinajstić information content (AvgIpc) is 3.08. The second-order valence-electron chi connectivity index (χ2n) is 4.82. The summed E-state index contributed by atoms with van der Waals surface area (Å²) in [6, 6.07) is 14.8. The molecule has 7 heteroatoms. The van der Waals surface area contributed by atoms with E-state index in [4.69, 9.17) is 9.47 Å². The van der Waals surface area contributed by atoms with E-state index in [0.29, 0.717) is 11.4 Å². The summed E-state index contributed by atoms with van der Waals surface area (Å²) in [5.41, 5.74) is 1.36. The van der Waals surface area contributed by atoms with Crippen LogP contribution in [0.3, 0.4) is 0 Å². The van der Waals surface area contributed by atoms with Crippen LogP contribution in [0.15, 0.2) is 53.0 Å². The molecule has 0 bridgehead atoms. The molecule has 0 aliphatic rings. The number of hydrogen-bond donors (Lipinski definition) is 1. The third kappa shape index (κ3) is 3.62. The first-order chi connectivity index (χ1) is 11.7. The van der Waals surface area contributed by atoms with Gasteiger partial charge in [0.25, 0.3) is 0 Å². The minimum absolute atomic E-state index is 0.165. The van der Waals surface area contributed by atoms with Gasteiger partial charge in [0.2, 0.25) is 0 Å². The summed E-state index contributed by atoms with van der Waals surface area (Å²) < 4.78 is 11.7. The lowest BCUT2D eigenvalue weighted by molar-refractivity contribution is 0.0520. The maximum atomic E-state index is 11.9. The lowest BCUT2D eigenvalue weighted by atomic mass is 10.1. The molecule has 0 amide bonds. The first-order valence-electron chi connectivity index (χ1n) is 7.29. The van der Waals surface area contributed by atoms with E-state index in [2.05, 4.69) is 31.3 Å².